The standard InChI is InChI=1S/C36H30ClN/c1-3-27-28(30-14-6-10-23-9-5-13-29(27)34(23)30)21-19-25-17-18-26(36(25)37)20-22-32-31-15-7-11-24-12-8-16-33(35(24)31)38(32)4-2/h5-16,19-22H,3-4,17-18H2,1-2H3/b21-19+,26-20?,32-22+. The topological polar surface area (TPSA) is 4.93 Å². The van der Waals surface area contributed by atoms with Crippen LogP contribution in [0.1, 0.15) is 44.2 Å². The van der Waals surface area contributed by atoms with Gasteiger partial charge in [0, 0.05) is 33.2 Å². The predicted molar refractivity (Wildman–Crippen MR) is 165 cm³/mol. The fraction of sp³-hybridized carbons (Fsp3) is 0.167. The molecule has 5 aromatic rings. The highest BCUT2D eigenvalue weighted by molar-refractivity contribution is 6.33. The summed E-state index contributed by atoms with van der Waals surface area (Å²) in [5.74, 6) is 0. The van der Waals surface area contributed by atoms with Gasteiger partial charge in [-0.05, 0) is 87.9 Å². The summed E-state index contributed by atoms with van der Waals surface area (Å²) in [5, 5.41) is 8.83. The van der Waals surface area contributed by atoms with Gasteiger partial charge in [-0.2, -0.15) is 0 Å². The van der Waals surface area contributed by atoms with Crippen LogP contribution in [0.4, 0.5) is 0 Å². The molecular formula is C36H30ClN. The molecule has 0 radical (unpaired) electrons. The number of aromatic nitrogens is 1. The first-order chi connectivity index (χ1) is 18.7. The van der Waals surface area contributed by atoms with E-state index in [1.54, 1.807) is 0 Å². The number of aryl methyl sites for hydroxylation is 1. The maximum atomic E-state index is 7.00. The second-order valence-corrected chi connectivity index (χ2v) is 10.7. The molecule has 186 valence electrons. The van der Waals surface area contributed by atoms with Crippen LogP contribution < -0.4 is 5.35 Å². The Morgan fingerprint density at radius 2 is 1.47 bits per heavy atom. The summed E-state index contributed by atoms with van der Waals surface area (Å²) in [4.78, 5) is 0. The third-order valence-electron chi connectivity index (χ3n) is 8.38. The molecule has 0 fully saturated rings. The zero-order chi connectivity index (χ0) is 25.8. The van der Waals surface area contributed by atoms with Crippen LogP contribution in [0.5, 0.6) is 0 Å². The molecule has 0 amide bonds. The Bertz CT molecular complexity index is 1930. The molecule has 2 heteroatoms. The number of nitrogens with zero attached hydrogens (tertiary/aromatic N) is 1. The van der Waals surface area contributed by atoms with Gasteiger partial charge in [-0.1, -0.05) is 103 Å². The van der Waals surface area contributed by atoms with E-state index in [2.05, 4.69) is 116 Å². The smallest absolute Gasteiger partial charge is 0.0497 e. The Labute approximate surface area is 228 Å². The summed E-state index contributed by atoms with van der Waals surface area (Å²) >= 11 is 7.00. The Kier molecular flexibility index (Phi) is 5.64. The lowest BCUT2D eigenvalue weighted by atomic mass is 10.0. The van der Waals surface area contributed by atoms with Gasteiger partial charge in [0.05, 0.1) is 0 Å². The molecular weight excluding hydrogens is 482 g/mol. The number of halogens is 1. The van der Waals surface area contributed by atoms with E-state index in [1.807, 2.05) is 0 Å². The molecule has 1 heterocycles. The highest BCUT2D eigenvalue weighted by atomic mass is 35.5. The molecule has 38 heavy (non-hydrogen) atoms. The fourth-order valence-corrected chi connectivity index (χ4v) is 6.94. The molecule has 7 rings (SSSR count). The average molecular weight is 512 g/mol. The summed E-state index contributed by atoms with van der Waals surface area (Å²) in [6, 6.07) is 26.5. The largest absolute Gasteiger partial charge is 0.341 e. The molecule has 0 unspecified atom stereocenters. The monoisotopic (exact) mass is 511 g/mol. The number of hydrogen-bond donors (Lipinski definition) is 0. The van der Waals surface area contributed by atoms with Gasteiger partial charge in [0.15, 0.2) is 0 Å². The van der Waals surface area contributed by atoms with Crippen molar-refractivity contribution in [3.63, 3.8) is 0 Å². The van der Waals surface area contributed by atoms with E-state index in [4.69, 9.17) is 11.6 Å². The second-order valence-electron chi connectivity index (χ2n) is 10.3. The van der Waals surface area contributed by atoms with Gasteiger partial charge in [0.25, 0.3) is 0 Å². The van der Waals surface area contributed by atoms with Gasteiger partial charge in [-0.15, -0.1) is 0 Å². The van der Waals surface area contributed by atoms with E-state index < -0.39 is 0 Å². The Balaban J connectivity index is 1.28. The number of rotatable bonds is 5. The summed E-state index contributed by atoms with van der Waals surface area (Å²) < 4.78 is 2.42. The molecule has 2 aliphatic carbocycles. The Morgan fingerprint density at radius 1 is 0.763 bits per heavy atom. The molecule has 4 aromatic carbocycles. The maximum absolute atomic E-state index is 7.00. The van der Waals surface area contributed by atoms with Crippen molar-refractivity contribution < 1.29 is 0 Å². The van der Waals surface area contributed by atoms with E-state index in [9.17, 15) is 0 Å². The molecule has 1 aromatic heterocycles. The lowest BCUT2D eigenvalue weighted by Crippen LogP contribution is -2.14. The van der Waals surface area contributed by atoms with Crippen molar-refractivity contribution >= 4 is 61.3 Å². The summed E-state index contributed by atoms with van der Waals surface area (Å²) in [6.07, 6.45) is 12.0. The van der Waals surface area contributed by atoms with Crippen LogP contribution >= 0.6 is 11.6 Å². The highest BCUT2D eigenvalue weighted by Crippen LogP contribution is 2.44. The highest BCUT2D eigenvalue weighted by Gasteiger charge is 2.22. The van der Waals surface area contributed by atoms with Gasteiger partial charge >= 0.3 is 0 Å². The molecule has 0 atom stereocenters. The minimum Gasteiger partial charge on any atom is -0.341 e. The first kappa shape index (κ1) is 23.3. The zero-order valence-electron chi connectivity index (χ0n) is 21.9. The van der Waals surface area contributed by atoms with E-state index in [0.29, 0.717) is 0 Å². The molecule has 0 aliphatic heterocycles. The molecule has 0 saturated carbocycles. The van der Waals surface area contributed by atoms with Crippen molar-refractivity contribution in [1.82, 2.24) is 4.57 Å². The van der Waals surface area contributed by atoms with Gasteiger partial charge in [0.1, 0.15) is 0 Å². The summed E-state index contributed by atoms with van der Waals surface area (Å²) in [6.45, 7) is 5.41. The third kappa shape index (κ3) is 3.46. The van der Waals surface area contributed by atoms with Crippen molar-refractivity contribution in [3.8, 4) is 0 Å². The van der Waals surface area contributed by atoms with E-state index >= 15 is 0 Å². The van der Waals surface area contributed by atoms with Gasteiger partial charge in [-0.25, -0.2) is 0 Å². The molecule has 0 spiro atoms. The van der Waals surface area contributed by atoms with Crippen LogP contribution in [0.2, 0.25) is 0 Å². The summed E-state index contributed by atoms with van der Waals surface area (Å²) in [7, 11) is 0. The minimum absolute atomic E-state index is 0.905. The molecule has 0 saturated heterocycles. The van der Waals surface area contributed by atoms with Gasteiger partial charge < -0.3 is 4.57 Å². The van der Waals surface area contributed by atoms with Gasteiger partial charge in [0.2, 0.25) is 0 Å². The Morgan fingerprint density at radius 3 is 2.24 bits per heavy atom. The van der Waals surface area contributed by atoms with Crippen LogP contribution in [0.25, 0.3) is 49.7 Å². The Hall–Kier alpha value is -3.81. The van der Waals surface area contributed by atoms with E-state index in [0.717, 1.165) is 30.8 Å². The molecule has 0 bridgehead atoms. The minimum atomic E-state index is 0.905. The van der Waals surface area contributed by atoms with E-state index in [1.165, 1.54) is 71.2 Å². The first-order valence-electron chi connectivity index (χ1n) is 13.7. The maximum Gasteiger partial charge on any atom is 0.0497 e. The normalized spacial score (nSPS) is 17.2. The first-order valence-corrected chi connectivity index (χ1v) is 14.1. The number of benzene rings is 4. The van der Waals surface area contributed by atoms with Crippen LogP contribution in [0, 0.1) is 0 Å². The SMILES string of the molecule is CCC1=C(/C=C/C2=C(Cl)C(=C/C=c3\c4cccc5cccc(c54)n3CC)CC2)c2cccc3cccc1c23. The van der Waals surface area contributed by atoms with Crippen LogP contribution in [0.3, 0.4) is 0 Å². The number of allylic oxidation sites excluding steroid dienone is 8. The van der Waals surface area contributed by atoms with Crippen LogP contribution in [-0.4, -0.2) is 4.57 Å². The zero-order valence-corrected chi connectivity index (χ0v) is 22.6. The lowest BCUT2D eigenvalue weighted by Gasteiger charge is -2.03. The molecule has 1 nitrogen and oxygen atoms in total. The van der Waals surface area contributed by atoms with Crippen molar-refractivity contribution in [3.05, 3.63) is 124 Å². The molecule has 2 aliphatic rings. The predicted octanol–water partition coefficient (Wildman–Crippen LogP) is 9.57. The van der Waals surface area contributed by atoms with Crippen molar-refractivity contribution in [2.45, 2.75) is 39.7 Å². The average Bonchev–Trinajstić information content (AvgIpc) is 3.57. The van der Waals surface area contributed by atoms with Crippen LogP contribution in [-0.2, 0) is 6.54 Å². The van der Waals surface area contributed by atoms with Crippen molar-refractivity contribution in [2.24, 2.45) is 0 Å². The van der Waals surface area contributed by atoms with Crippen molar-refractivity contribution in [1.29, 1.82) is 0 Å². The number of hydrogen-bond acceptors (Lipinski definition) is 0. The fourth-order valence-electron chi connectivity index (χ4n) is 6.62. The van der Waals surface area contributed by atoms with E-state index in [-0.39, 0.29) is 0 Å². The quantitative estimate of drug-likeness (QED) is 0.221. The van der Waals surface area contributed by atoms with Crippen molar-refractivity contribution in [2.75, 3.05) is 0 Å². The third-order valence-corrected chi connectivity index (χ3v) is 8.86. The van der Waals surface area contributed by atoms with Gasteiger partial charge in [-0.3, -0.25) is 0 Å². The molecule has 0 N–H and O–H groups in total. The summed E-state index contributed by atoms with van der Waals surface area (Å²) in [5.41, 5.74) is 9.24. The lowest BCUT2D eigenvalue weighted by molar-refractivity contribution is 0.777. The second kappa shape index (κ2) is 9.19. The van der Waals surface area contributed by atoms with Crippen LogP contribution in [0.15, 0.2) is 107 Å².